The van der Waals surface area contributed by atoms with E-state index in [2.05, 4.69) is 20.9 Å². The molecule has 0 bridgehead atoms. The van der Waals surface area contributed by atoms with Gasteiger partial charge in [0, 0.05) is 23.2 Å². The van der Waals surface area contributed by atoms with Crippen molar-refractivity contribution in [1.82, 2.24) is 4.98 Å². The number of aromatic nitrogens is 1. The van der Waals surface area contributed by atoms with Crippen molar-refractivity contribution in [3.8, 4) is 0 Å². The summed E-state index contributed by atoms with van der Waals surface area (Å²) in [5, 5.41) is 0.261. The molecule has 0 aromatic carbocycles. The minimum Gasteiger partial charge on any atom is -0.329 e. The number of rotatable bonds is 2. The van der Waals surface area contributed by atoms with Crippen molar-refractivity contribution in [3.63, 3.8) is 0 Å². The molecule has 66 valence electrons. The first-order chi connectivity index (χ1) is 5.65. The molecule has 2 nitrogen and oxygen atoms in total. The summed E-state index contributed by atoms with van der Waals surface area (Å²) in [6.45, 7) is 0. The Morgan fingerprint density at radius 2 is 2.25 bits per heavy atom. The van der Waals surface area contributed by atoms with Crippen LogP contribution in [0.2, 0.25) is 0 Å². The van der Waals surface area contributed by atoms with E-state index in [4.69, 9.17) is 0 Å². The highest BCUT2D eigenvalue weighted by Gasteiger charge is 2.11. The molecule has 5 heteroatoms. The summed E-state index contributed by atoms with van der Waals surface area (Å²) in [5.74, 6) is 0. The molecule has 1 heterocycles. The summed E-state index contributed by atoms with van der Waals surface area (Å²) >= 11 is 3.02. The fourth-order valence-electron chi connectivity index (χ4n) is 0.844. The highest BCUT2D eigenvalue weighted by molar-refractivity contribution is 9.08. The van der Waals surface area contributed by atoms with Crippen LogP contribution in [-0.2, 0) is 5.33 Å². The van der Waals surface area contributed by atoms with E-state index < -0.39 is 6.43 Å². The predicted octanol–water partition coefficient (Wildman–Crippen LogP) is 2.21. The Labute approximate surface area is 75.7 Å². The van der Waals surface area contributed by atoms with Gasteiger partial charge in [0.05, 0.1) is 0 Å². The van der Waals surface area contributed by atoms with Crippen LogP contribution in [0.1, 0.15) is 17.6 Å². The number of H-pyrrole nitrogens is 1. The third kappa shape index (κ3) is 1.91. The van der Waals surface area contributed by atoms with E-state index in [1.54, 1.807) is 0 Å². The first kappa shape index (κ1) is 9.38. The molecule has 0 unspecified atom stereocenters. The molecule has 0 aliphatic carbocycles. The van der Waals surface area contributed by atoms with E-state index in [0.29, 0.717) is 5.56 Å². The van der Waals surface area contributed by atoms with Gasteiger partial charge in [-0.1, -0.05) is 15.9 Å². The van der Waals surface area contributed by atoms with Crippen LogP contribution in [0.15, 0.2) is 17.1 Å². The second-order valence-electron chi connectivity index (χ2n) is 2.21. The third-order valence-corrected chi connectivity index (χ3v) is 2.03. The molecule has 0 atom stereocenters. The average molecular weight is 238 g/mol. The van der Waals surface area contributed by atoms with Gasteiger partial charge in [-0.15, -0.1) is 0 Å². The van der Waals surface area contributed by atoms with Crippen LogP contribution in [-0.4, -0.2) is 4.98 Å². The standard InChI is InChI=1S/C7H6BrF2NO/c8-2-4-1-6(12)11-3-5(4)7(9)10/h1,3,7H,2H2,(H,11,12). The van der Waals surface area contributed by atoms with Crippen molar-refractivity contribution in [2.24, 2.45) is 0 Å². The second-order valence-corrected chi connectivity index (χ2v) is 2.77. The van der Waals surface area contributed by atoms with Crippen molar-refractivity contribution >= 4 is 15.9 Å². The fraction of sp³-hybridized carbons (Fsp3) is 0.286. The Balaban J connectivity index is 3.20. The predicted molar refractivity (Wildman–Crippen MR) is 44.7 cm³/mol. The van der Waals surface area contributed by atoms with Crippen molar-refractivity contribution in [3.05, 3.63) is 33.7 Å². The Bertz CT molecular complexity index is 323. The molecule has 0 saturated heterocycles. The van der Waals surface area contributed by atoms with Crippen LogP contribution in [0.25, 0.3) is 0 Å². The summed E-state index contributed by atoms with van der Waals surface area (Å²) in [5.41, 5.74) is -0.172. The minimum absolute atomic E-state index is 0.133. The molecule has 0 amide bonds. The molecule has 0 aliphatic rings. The van der Waals surface area contributed by atoms with Crippen LogP contribution in [0, 0.1) is 0 Å². The molecule has 1 aromatic rings. The maximum absolute atomic E-state index is 12.2. The molecule has 12 heavy (non-hydrogen) atoms. The number of aromatic amines is 1. The third-order valence-electron chi connectivity index (χ3n) is 1.43. The van der Waals surface area contributed by atoms with E-state index in [1.165, 1.54) is 0 Å². The summed E-state index contributed by atoms with van der Waals surface area (Å²) < 4.78 is 24.4. The van der Waals surface area contributed by atoms with Crippen molar-refractivity contribution in [1.29, 1.82) is 0 Å². The number of hydrogen-bond donors (Lipinski definition) is 1. The molecule has 0 spiro atoms. The van der Waals surface area contributed by atoms with E-state index in [9.17, 15) is 13.6 Å². The summed E-state index contributed by atoms with van der Waals surface area (Å²) in [7, 11) is 0. The Morgan fingerprint density at radius 3 is 2.75 bits per heavy atom. The molecule has 0 saturated carbocycles. The Morgan fingerprint density at radius 1 is 1.58 bits per heavy atom. The molecule has 0 fully saturated rings. The topological polar surface area (TPSA) is 32.9 Å². The van der Waals surface area contributed by atoms with Crippen molar-refractivity contribution < 1.29 is 8.78 Å². The summed E-state index contributed by atoms with van der Waals surface area (Å²) in [6, 6.07) is 1.16. The van der Waals surface area contributed by atoms with Gasteiger partial charge in [0.2, 0.25) is 5.56 Å². The normalized spacial score (nSPS) is 10.7. The number of halogens is 3. The van der Waals surface area contributed by atoms with Crippen LogP contribution < -0.4 is 5.56 Å². The Hall–Kier alpha value is -0.710. The van der Waals surface area contributed by atoms with Crippen LogP contribution in [0.5, 0.6) is 0 Å². The van der Waals surface area contributed by atoms with Gasteiger partial charge < -0.3 is 4.98 Å². The lowest BCUT2D eigenvalue weighted by atomic mass is 10.2. The van der Waals surface area contributed by atoms with Gasteiger partial charge in [0.1, 0.15) is 0 Å². The summed E-state index contributed by atoms with van der Waals surface area (Å²) in [4.78, 5) is 12.9. The fourth-order valence-corrected chi connectivity index (χ4v) is 1.33. The van der Waals surface area contributed by atoms with Gasteiger partial charge in [-0.3, -0.25) is 4.79 Å². The molecule has 0 radical (unpaired) electrons. The van der Waals surface area contributed by atoms with Gasteiger partial charge in [0.15, 0.2) is 0 Å². The summed E-state index contributed by atoms with van der Waals surface area (Å²) in [6.07, 6.45) is -1.50. The van der Waals surface area contributed by atoms with Crippen molar-refractivity contribution in [2.75, 3.05) is 0 Å². The van der Waals surface area contributed by atoms with E-state index in [0.717, 1.165) is 12.3 Å². The van der Waals surface area contributed by atoms with Gasteiger partial charge in [0.25, 0.3) is 6.43 Å². The zero-order valence-corrected chi connectivity index (χ0v) is 7.57. The highest BCUT2D eigenvalue weighted by Crippen LogP contribution is 2.22. The van der Waals surface area contributed by atoms with Crippen molar-refractivity contribution in [2.45, 2.75) is 11.8 Å². The Kier molecular flexibility index (Phi) is 2.97. The van der Waals surface area contributed by atoms with Crippen LogP contribution in [0.3, 0.4) is 0 Å². The van der Waals surface area contributed by atoms with E-state index in [1.807, 2.05) is 0 Å². The van der Waals surface area contributed by atoms with Gasteiger partial charge in [-0.05, 0) is 5.56 Å². The van der Waals surface area contributed by atoms with E-state index in [-0.39, 0.29) is 16.5 Å². The molecular weight excluding hydrogens is 232 g/mol. The highest BCUT2D eigenvalue weighted by atomic mass is 79.9. The molecule has 1 rings (SSSR count). The molecule has 0 aliphatic heterocycles. The van der Waals surface area contributed by atoms with Gasteiger partial charge in [-0.2, -0.15) is 0 Å². The van der Waals surface area contributed by atoms with Gasteiger partial charge in [-0.25, -0.2) is 8.78 Å². The van der Waals surface area contributed by atoms with Crippen LogP contribution in [0.4, 0.5) is 8.78 Å². The average Bonchev–Trinajstić information content (AvgIpc) is 2.03. The second kappa shape index (κ2) is 3.80. The monoisotopic (exact) mass is 237 g/mol. The zero-order valence-electron chi connectivity index (χ0n) is 5.98. The number of pyridine rings is 1. The number of nitrogens with one attached hydrogen (secondary N) is 1. The quantitative estimate of drug-likeness (QED) is 0.787. The smallest absolute Gasteiger partial charge is 0.265 e. The number of hydrogen-bond acceptors (Lipinski definition) is 1. The lowest BCUT2D eigenvalue weighted by Gasteiger charge is -2.03. The van der Waals surface area contributed by atoms with Crippen LogP contribution >= 0.6 is 15.9 Å². The zero-order chi connectivity index (χ0) is 9.14. The molecule has 1 aromatic heterocycles. The molecule has 1 N–H and O–H groups in total. The maximum atomic E-state index is 12.2. The van der Waals surface area contributed by atoms with Gasteiger partial charge >= 0.3 is 0 Å². The number of alkyl halides is 3. The largest absolute Gasteiger partial charge is 0.329 e. The van der Waals surface area contributed by atoms with E-state index >= 15 is 0 Å². The minimum atomic E-state index is -2.55. The molecular formula is C7H6BrF2NO. The SMILES string of the molecule is O=c1cc(CBr)c(C(F)F)c[nH]1. The lowest BCUT2D eigenvalue weighted by Crippen LogP contribution is -2.07. The lowest BCUT2D eigenvalue weighted by molar-refractivity contribution is 0.150. The maximum Gasteiger partial charge on any atom is 0.265 e. The first-order valence-electron chi connectivity index (χ1n) is 3.20. The first-order valence-corrected chi connectivity index (χ1v) is 4.33.